The molecule has 1 amide bonds. The first-order chi connectivity index (χ1) is 18.0. The Labute approximate surface area is 219 Å². The number of carbonyl (C=O) groups excluding carboxylic acids is 1. The molecular weight excluding hydrogens is 514 g/mol. The molecule has 2 heterocycles. The summed E-state index contributed by atoms with van der Waals surface area (Å²) in [6.45, 7) is 5.95. The summed E-state index contributed by atoms with van der Waals surface area (Å²) >= 11 is 0. The van der Waals surface area contributed by atoms with Crippen molar-refractivity contribution in [3.63, 3.8) is 0 Å². The van der Waals surface area contributed by atoms with Crippen molar-refractivity contribution in [3.8, 4) is 11.5 Å². The second-order valence-corrected chi connectivity index (χ2v) is 11.0. The van der Waals surface area contributed by atoms with Crippen molar-refractivity contribution in [2.24, 2.45) is 0 Å². The number of ether oxygens (including phenoxy) is 3. The molecule has 202 valence electrons. The van der Waals surface area contributed by atoms with Gasteiger partial charge in [-0.2, -0.15) is 5.10 Å². The fraction of sp³-hybridized carbons (Fsp3) is 0.320. The average molecular weight is 544 g/mol. The van der Waals surface area contributed by atoms with E-state index in [1.807, 2.05) is 0 Å². The highest BCUT2D eigenvalue weighted by atomic mass is 32.2. The van der Waals surface area contributed by atoms with Gasteiger partial charge in [0.25, 0.3) is 10.0 Å². The fourth-order valence-corrected chi connectivity index (χ4v) is 4.86. The number of anilines is 1. The van der Waals surface area contributed by atoms with Crippen LogP contribution < -0.4 is 19.5 Å². The second kappa shape index (κ2) is 10.6. The van der Waals surface area contributed by atoms with Crippen molar-refractivity contribution in [2.45, 2.75) is 44.4 Å². The highest BCUT2D eigenvalue weighted by molar-refractivity contribution is 7.92. The largest absolute Gasteiger partial charge is 0.496 e. The van der Waals surface area contributed by atoms with E-state index in [4.69, 9.17) is 18.7 Å². The summed E-state index contributed by atoms with van der Waals surface area (Å²) in [6, 6.07) is 11.5. The smallest absolute Gasteiger partial charge is 0.407 e. The van der Waals surface area contributed by atoms with Gasteiger partial charge in [0.1, 0.15) is 27.4 Å². The van der Waals surface area contributed by atoms with Crippen LogP contribution >= 0.6 is 0 Å². The van der Waals surface area contributed by atoms with Crippen LogP contribution in [-0.2, 0) is 27.8 Å². The average Bonchev–Trinajstić information content (AvgIpc) is 3.47. The summed E-state index contributed by atoms with van der Waals surface area (Å²) in [4.78, 5) is 11.8. The van der Waals surface area contributed by atoms with Crippen molar-refractivity contribution >= 4 is 32.9 Å². The first-order valence-corrected chi connectivity index (χ1v) is 13.1. The van der Waals surface area contributed by atoms with Crippen LogP contribution in [0.15, 0.2) is 58.1 Å². The number of amides is 1. The second-order valence-electron chi connectivity index (χ2n) is 9.32. The molecule has 0 fully saturated rings. The Morgan fingerprint density at radius 1 is 1.08 bits per heavy atom. The van der Waals surface area contributed by atoms with Gasteiger partial charge < -0.3 is 24.1 Å². The van der Waals surface area contributed by atoms with Crippen LogP contribution in [0.2, 0.25) is 0 Å². The summed E-state index contributed by atoms with van der Waals surface area (Å²) in [6.07, 6.45) is 1.25. The predicted octanol–water partition coefficient (Wildman–Crippen LogP) is 3.92. The van der Waals surface area contributed by atoms with Crippen molar-refractivity contribution in [1.29, 1.82) is 0 Å². The molecule has 2 aromatic carbocycles. The number of hydrogen-bond acceptors (Lipinski definition) is 9. The number of alkyl carbamates (subject to hydrolysis) is 1. The van der Waals surface area contributed by atoms with Crippen LogP contribution in [0.1, 0.15) is 32.0 Å². The van der Waals surface area contributed by atoms with Gasteiger partial charge in [-0.05, 0) is 56.7 Å². The van der Waals surface area contributed by atoms with Crippen molar-refractivity contribution < 1.29 is 31.9 Å². The Morgan fingerprint density at radius 3 is 2.53 bits per heavy atom. The van der Waals surface area contributed by atoms with E-state index in [1.165, 1.54) is 20.3 Å². The minimum absolute atomic E-state index is 0.0103. The van der Waals surface area contributed by atoms with Gasteiger partial charge in [0, 0.05) is 6.20 Å². The Hall–Kier alpha value is -4.26. The molecule has 0 atom stereocenters. The lowest BCUT2D eigenvalue weighted by Gasteiger charge is -2.19. The van der Waals surface area contributed by atoms with Crippen LogP contribution in [0.3, 0.4) is 0 Å². The monoisotopic (exact) mass is 543 g/mol. The quantitative estimate of drug-likeness (QED) is 0.321. The highest BCUT2D eigenvalue weighted by Gasteiger charge is 2.24. The van der Waals surface area contributed by atoms with Crippen LogP contribution in [-0.4, -0.2) is 49.3 Å². The van der Waals surface area contributed by atoms with Crippen LogP contribution in [0.5, 0.6) is 11.5 Å². The molecule has 4 aromatic rings. The Kier molecular flexibility index (Phi) is 7.49. The number of carbonyl (C=O) groups is 1. The predicted molar refractivity (Wildman–Crippen MR) is 139 cm³/mol. The maximum Gasteiger partial charge on any atom is 0.407 e. The zero-order chi connectivity index (χ0) is 27.5. The van der Waals surface area contributed by atoms with E-state index in [0.717, 1.165) is 5.56 Å². The molecule has 0 spiro atoms. The zero-order valence-corrected chi connectivity index (χ0v) is 22.5. The Balaban J connectivity index is 1.52. The molecule has 0 radical (unpaired) electrons. The van der Waals surface area contributed by atoms with E-state index in [9.17, 15) is 13.2 Å². The molecule has 13 heteroatoms. The first kappa shape index (κ1) is 26.8. The van der Waals surface area contributed by atoms with E-state index in [0.29, 0.717) is 29.0 Å². The first-order valence-electron chi connectivity index (χ1n) is 11.6. The maximum absolute atomic E-state index is 13.0. The van der Waals surface area contributed by atoms with Gasteiger partial charge in [-0.1, -0.05) is 17.3 Å². The van der Waals surface area contributed by atoms with Crippen molar-refractivity contribution in [1.82, 2.24) is 20.3 Å². The Morgan fingerprint density at radius 2 is 1.82 bits per heavy atom. The molecular formula is C25H29N5O7S. The number of sulfonamides is 1. The fourth-order valence-electron chi connectivity index (χ4n) is 3.69. The summed E-state index contributed by atoms with van der Waals surface area (Å²) < 4.78 is 51.6. The van der Waals surface area contributed by atoms with Gasteiger partial charge in [0.2, 0.25) is 0 Å². The number of rotatable bonds is 9. The van der Waals surface area contributed by atoms with Crippen LogP contribution in [0, 0.1) is 0 Å². The van der Waals surface area contributed by atoms with Crippen molar-refractivity contribution in [2.75, 3.05) is 18.9 Å². The zero-order valence-electron chi connectivity index (χ0n) is 21.6. The lowest BCUT2D eigenvalue weighted by Crippen LogP contribution is -2.32. The molecule has 0 aliphatic carbocycles. The standard InChI is InChI=1S/C25H29N5O7S/c1-25(2,3)36-24(31)26-14-17-10-11-30(27-17)15-16-12-19(35-5)22-20(13-16)37-28-23(22)29-38(32,33)21-9-7-6-8-18(21)34-4/h6-13H,14-15H2,1-5H3,(H,26,31)(H,28,29). The summed E-state index contributed by atoms with van der Waals surface area (Å²) in [5.74, 6) is 0.557. The van der Waals surface area contributed by atoms with Gasteiger partial charge in [-0.15, -0.1) is 0 Å². The van der Waals surface area contributed by atoms with E-state index in [1.54, 1.807) is 68.0 Å². The molecule has 4 rings (SSSR count). The molecule has 0 bridgehead atoms. The molecule has 12 nitrogen and oxygen atoms in total. The molecule has 0 aliphatic heterocycles. The molecule has 0 unspecified atom stereocenters. The number of nitrogens with zero attached hydrogens (tertiary/aromatic N) is 3. The molecule has 0 saturated carbocycles. The SMILES string of the molecule is COc1ccccc1S(=O)(=O)Nc1noc2cc(Cn3ccc(CNC(=O)OC(C)(C)C)n3)cc(OC)c12. The number of fused-ring (bicyclic) bond motifs is 1. The van der Waals surface area contributed by atoms with E-state index in [2.05, 4.69) is 20.3 Å². The number of methoxy groups -OCH3 is 2. The minimum Gasteiger partial charge on any atom is -0.496 e. The van der Waals surface area contributed by atoms with Gasteiger partial charge in [0.05, 0.1) is 33.0 Å². The van der Waals surface area contributed by atoms with E-state index in [-0.39, 0.29) is 23.0 Å². The molecule has 2 aromatic heterocycles. The van der Waals surface area contributed by atoms with E-state index < -0.39 is 21.7 Å². The number of para-hydroxylation sites is 1. The summed E-state index contributed by atoms with van der Waals surface area (Å²) in [5.41, 5.74) is 1.17. The van der Waals surface area contributed by atoms with Crippen LogP contribution in [0.25, 0.3) is 11.0 Å². The summed E-state index contributed by atoms with van der Waals surface area (Å²) in [5, 5.41) is 11.4. The number of nitrogens with one attached hydrogen (secondary N) is 2. The molecule has 2 N–H and O–H groups in total. The molecule has 38 heavy (non-hydrogen) atoms. The number of hydrogen-bond donors (Lipinski definition) is 2. The lowest BCUT2D eigenvalue weighted by atomic mass is 10.1. The third kappa shape index (κ3) is 6.17. The third-order valence-corrected chi connectivity index (χ3v) is 6.64. The molecule has 0 saturated heterocycles. The topological polar surface area (TPSA) is 147 Å². The summed E-state index contributed by atoms with van der Waals surface area (Å²) in [7, 11) is -1.16. The molecule has 0 aliphatic rings. The van der Waals surface area contributed by atoms with Gasteiger partial charge in [-0.25, -0.2) is 13.2 Å². The van der Waals surface area contributed by atoms with E-state index >= 15 is 0 Å². The lowest BCUT2D eigenvalue weighted by molar-refractivity contribution is 0.0522. The third-order valence-electron chi connectivity index (χ3n) is 5.26. The maximum atomic E-state index is 13.0. The highest BCUT2D eigenvalue weighted by Crippen LogP contribution is 2.35. The Bertz CT molecular complexity index is 1550. The number of aromatic nitrogens is 3. The normalized spacial score (nSPS) is 11.8. The number of benzene rings is 2. The van der Waals surface area contributed by atoms with Gasteiger partial charge in [-0.3, -0.25) is 9.40 Å². The van der Waals surface area contributed by atoms with Gasteiger partial charge in [0.15, 0.2) is 11.4 Å². The van der Waals surface area contributed by atoms with Gasteiger partial charge >= 0.3 is 6.09 Å². The van der Waals surface area contributed by atoms with Crippen molar-refractivity contribution in [3.05, 3.63) is 59.9 Å². The minimum atomic E-state index is -4.03. The van der Waals surface area contributed by atoms with Crippen LogP contribution in [0.4, 0.5) is 10.6 Å².